The van der Waals surface area contributed by atoms with Crippen molar-refractivity contribution < 1.29 is 0 Å². The van der Waals surface area contributed by atoms with Crippen LogP contribution in [-0.4, -0.2) is 56.2 Å². The molecule has 1 heterocycles. The maximum Gasteiger partial charge on any atom is 0.0949 e. The molecule has 18 heavy (non-hydrogen) atoms. The van der Waals surface area contributed by atoms with Crippen LogP contribution in [0.5, 0.6) is 0 Å². The van der Waals surface area contributed by atoms with E-state index in [-0.39, 0.29) is 22.8 Å². The topological polar surface area (TPSA) is 17.8 Å². The Morgan fingerprint density at radius 3 is 1.67 bits per heavy atom. The minimum Gasteiger partial charge on any atom is -0.333 e. The van der Waals surface area contributed by atoms with Crippen LogP contribution in [0.1, 0.15) is 14.9 Å². The minimum atomic E-state index is 0. The summed E-state index contributed by atoms with van der Waals surface area (Å²) in [4.78, 5) is 3.95. The molecule has 0 aromatic carbocycles. The van der Waals surface area contributed by atoms with Crippen LogP contribution in [0.15, 0.2) is 18.7 Å². The van der Waals surface area contributed by atoms with Gasteiger partial charge in [0.05, 0.1) is 6.33 Å². The molecule has 0 aliphatic heterocycles. The van der Waals surface area contributed by atoms with Crippen molar-refractivity contribution in [1.82, 2.24) is 9.55 Å². The molecule has 1 aromatic rings. The third-order valence-corrected chi connectivity index (χ3v) is 1.90. The molecule has 0 saturated heterocycles. The Balaban J connectivity index is -0.0000000943. The zero-order valence-corrected chi connectivity index (χ0v) is 14.5. The third-order valence-electron chi connectivity index (χ3n) is 1.01. The van der Waals surface area contributed by atoms with Crippen molar-refractivity contribution in [2.45, 2.75) is 21.1 Å². The largest absolute Gasteiger partial charge is 0.333 e. The SMILES string of the molecule is C.C.CP(C)C.CP(C)Cn1ccnc1.CPC. The number of imidazole rings is 1. The van der Waals surface area contributed by atoms with Crippen molar-refractivity contribution in [1.29, 1.82) is 0 Å². The molecule has 0 aliphatic rings. The first-order valence-electron chi connectivity index (χ1n) is 5.23. The molecule has 0 radical (unpaired) electrons. The first-order chi connectivity index (χ1) is 7.43. The van der Waals surface area contributed by atoms with Crippen molar-refractivity contribution in [2.75, 3.05) is 46.7 Å². The maximum atomic E-state index is 3.95. The van der Waals surface area contributed by atoms with Crippen molar-refractivity contribution in [2.24, 2.45) is 0 Å². The zero-order chi connectivity index (χ0) is 13.0. The van der Waals surface area contributed by atoms with E-state index in [2.05, 4.69) is 56.2 Å². The van der Waals surface area contributed by atoms with Gasteiger partial charge in [-0.3, -0.25) is 0 Å². The molecule has 0 atom stereocenters. The van der Waals surface area contributed by atoms with Gasteiger partial charge in [-0.25, -0.2) is 4.98 Å². The van der Waals surface area contributed by atoms with Gasteiger partial charge in [-0.05, 0) is 46.7 Å². The molecule has 0 saturated carbocycles. The summed E-state index contributed by atoms with van der Waals surface area (Å²) in [6, 6.07) is 0. The molecule has 0 amide bonds. The van der Waals surface area contributed by atoms with Gasteiger partial charge in [0.25, 0.3) is 0 Å². The second-order valence-corrected chi connectivity index (χ2v) is 10.3. The van der Waals surface area contributed by atoms with Crippen molar-refractivity contribution >= 4 is 24.4 Å². The molecule has 0 unspecified atom stereocenters. The number of nitrogens with zero attached hydrogens (tertiary/aromatic N) is 2. The summed E-state index contributed by atoms with van der Waals surface area (Å²) < 4.78 is 2.12. The van der Waals surface area contributed by atoms with E-state index in [1.54, 1.807) is 0 Å². The van der Waals surface area contributed by atoms with Crippen LogP contribution in [0.2, 0.25) is 0 Å². The highest BCUT2D eigenvalue weighted by atomic mass is 31.1. The summed E-state index contributed by atoms with van der Waals surface area (Å²) >= 11 is 0. The fraction of sp³-hybridized carbons (Fsp3) is 0.769. The standard InChI is InChI=1S/C6H11N2P.C3H9P.C2H7P.2CH4/c1-9(2)6-8-4-3-7-5-8;1-4(2)3;1-3-2;;/h3-5H,6H2,1-2H3;1-3H3;3H,1-2H3;2*1H4. The highest BCUT2D eigenvalue weighted by Gasteiger charge is 1.91. The van der Waals surface area contributed by atoms with Crippen LogP contribution in [0.4, 0.5) is 0 Å². The molecule has 1 rings (SSSR count). The summed E-state index contributed by atoms with van der Waals surface area (Å²) in [5.41, 5.74) is 0. The minimum absolute atomic E-state index is 0. The fourth-order valence-corrected chi connectivity index (χ4v) is 1.52. The Morgan fingerprint density at radius 1 is 1.06 bits per heavy atom. The lowest BCUT2D eigenvalue weighted by Gasteiger charge is -2.04. The lowest BCUT2D eigenvalue weighted by Crippen LogP contribution is -1.89. The summed E-state index contributed by atoms with van der Waals surface area (Å²) in [7, 11) is 1.63. The third kappa shape index (κ3) is 30.0. The van der Waals surface area contributed by atoms with Gasteiger partial charge in [0.2, 0.25) is 0 Å². The summed E-state index contributed by atoms with van der Waals surface area (Å²) in [6.07, 6.45) is 6.82. The van der Waals surface area contributed by atoms with Gasteiger partial charge < -0.3 is 4.57 Å². The first-order valence-corrected chi connectivity index (χ1v) is 12.3. The van der Waals surface area contributed by atoms with E-state index in [4.69, 9.17) is 0 Å². The van der Waals surface area contributed by atoms with E-state index in [1.165, 1.54) is 0 Å². The molecule has 2 nitrogen and oxygen atoms in total. The van der Waals surface area contributed by atoms with Gasteiger partial charge in [0.1, 0.15) is 0 Å². The molecule has 112 valence electrons. The van der Waals surface area contributed by atoms with Gasteiger partial charge in [-0.1, -0.05) is 22.8 Å². The number of aromatic nitrogens is 2. The Labute approximate surface area is 121 Å². The number of hydrogen-bond donors (Lipinski definition) is 0. The maximum absolute atomic E-state index is 3.95. The Morgan fingerprint density at radius 2 is 1.44 bits per heavy atom. The Bertz CT molecular complexity index is 209. The molecule has 0 spiro atoms. The van der Waals surface area contributed by atoms with Crippen molar-refractivity contribution in [3.8, 4) is 0 Å². The second kappa shape index (κ2) is 19.8. The molecule has 0 N–H and O–H groups in total. The van der Waals surface area contributed by atoms with Crippen LogP contribution in [0.3, 0.4) is 0 Å². The molecule has 0 fully saturated rings. The van der Waals surface area contributed by atoms with Gasteiger partial charge in [0.15, 0.2) is 0 Å². The van der Waals surface area contributed by atoms with Gasteiger partial charge in [-0.15, -0.1) is 16.5 Å². The van der Waals surface area contributed by atoms with Crippen molar-refractivity contribution in [3.63, 3.8) is 0 Å². The van der Waals surface area contributed by atoms with Crippen LogP contribution in [0.25, 0.3) is 0 Å². The summed E-state index contributed by atoms with van der Waals surface area (Å²) in [6.45, 7) is 15.5. The van der Waals surface area contributed by atoms with Crippen LogP contribution in [-0.2, 0) is 6.29 Å². The average Bonchev–Trinajstić information content (AvgIpc) is 2.55. The molecule has 0 bridgehead atoms. The van der Waals surface area contributed by atoms with Crippen LogP contribution < -0.4 is 0 Å². The quantitative estimate of drug-likeness (QED) is 0.692. The lowest BCUT2D eigenvalue weighted by atomic mass is 10.9. The van der Waals surface area contributed by atoms with E-state index in [1.807, 2.05) is 18.7 Å². The van der Waals surface area contributed by atoms with Gasteiger partial charge in [-0.2, -0.15) is 0 Å². The predicted octanol–water partition coefficient (Wildman–Crippen LogP) is 5.14. The molecule has 5 heteroatoms. The van der Waals surface area contributed by atoms with E-state index in [9.17, 15) is 0 Å². The zero-order valence-electron chi connectivity index (χ0n) is 11.7. The molecule has 1 aromatic heterocycles. The normalized spacial score (nSPS) is 8.28. The molecule has 0 aliphatic carbocycles. The van der Waals surface area contributed by atoms with Gasteiger partial charge >= 0.3 is 0 Å². The van der Waals surface area contributed by atoms with E-state index >= 15 is 0 Å². The molecular formula is C13H35N2P3. The summed E-state index contributed by atoms with van der Waals surface area (Å²) in [5, 5.41) is 0. The highest BCUT2D eigenvalue weighted by Crippen LogP contribution is 2.25. The first kappa shape index (κ1) is 26.9. The monoisotopic (exact) mass is 312 g/mol. The number of hydrogen-bond acceptors (Lipinski definition) is 1. The van der Waals surface area contributed by atoms with E-state index < -0.39 is 0 Å². The second-order valence-electron chi connectivity index (χ2n) is 4.14. The van der Waals surface area contributed by atoms with E-state index in [0.29, 0.717) is 7.92 Å². The predicted molar refractivity (Wildman–Crippen MR) is 99.3 cm³/mol. The smallest absolute Gasteiger partial charge is 0.0949 e. The lowest BCUT2D eigenvalue weighted by molar-refractivity contribution is 0.881. The highest BCUT2D eigenvalue weighted by molar-refractivity contribution is 7.55. The van der Waals surface area contributed by atoms with E-state index in [0.717, 1.165) is 14.9 Å². The molecular weight excluding hydrogens is 277 g/mol. The van der Waals surface area contributed by atoms with Crippen LogP contribution >= 0.6 is 24.4 Å². The fourth-order valence-electron chi connectivity index (χ4n) is 0.697. The number of rotatable bonds is 2. The van der Waals surface area contributed by atoms with Crippen molar-refractivity contribution in [3.05, 3.63) is 18.7 Å². The Hall–Kier alpha value is 0.500. The average molecular weight is 312 g/mol. The summed E-state index contributed by atoms with van der Waals surface area (Å²) in [5.74, 6) is 0. The van der Waals surface area contributed by atoms with Gasteiger partial charge in [0, 0.05) is 18.7 Å². The Kier molecular flexibility index (Phi) is 29.7. The van der Waals surface area contributed by atoms with Crippen LogP contribution in [0, 0.1) is 0 Å².